The maximum absolute atomic E-state index is 11.1. The van der Waals surface area contributed by atoms with E-state index in [2.05, 4.69) is 116 Å². The van der Waals surface area contributed by atoms with E-state index in [0.717, 1.165) is 51.6 Å². The van der Waals surface area contributed by atoms with Gasteiger partial charge >= 0.3 is 0 Å². The molecular formula is C42H54N6O2. The van der Waals surface area contributed by atoms with E-state index in [0.29, 0.717) is 11.4 Å². The average molecular weight is 675 g/mol. The molecule has 0 spiro atoms. The second kappa shape index (κ2) is 13.2. The first-order valence-electron chi connectivity index (χ1n) is 17.7. The zero-order valence-electron chi connectivity index (χ0n) is 31.9. The molecule has 0 fully saturated rings. The lowest BCUT2D eigenvalue weighted by atomic mass is 9.76. The number of hydrogen-bond donors (Lipinski definition) is 2. The summed E-state index contributed by atoms with van der Waals surface area (Å²) in [5.41, 5.74) is 8.44. The average Bonchev–Trinajstić information content (AvgIpc) is 3.68. The van der Waals surface area contributed by atoms with Crippen LogP contribution in [0.5, 0.6) is 11.5 Å². The molecule has 0 saturated heterocycles. The molecule has 0 amide bonds. The topological polar surface area (TPSA) is 102 Å². The third-order valence-electron chi connectivity index (χ3n) is 10.1. The van der Waals surface area contributed by atoms with Gasteiger partial charge < -0.3 is 10.2 Å². The zero-order valence-corrected chi connectivity index (χ0v) is 31.9. The molecule has 0 radical (unpaired) electrons. The summed E-state index contributed by atoms with van der Waals surface area (Å²) in [4.78, 5) is 3.12. The fraction of sp³-hybridized carbons (Fsp3) is 0.429. The molecule has 0 bridgehead atoms. The lowest BCUT2D eigenvalue weighted by Crippen LogP contribution is -2.21. The molecule has 0 unspecified atom stereocenters. The fourth-order valence-electron chi connectivity index (χ4n) is 5.78. The van der Waals surface area contributed by atoms with Crippen molar-refractivity contribution in [2.24, 2.45) is 0 Å². The standard InChI is InChI=1S/C22H29N3O.C20H25N3O/c1-7-21(3,4)15-13-16(22(5,6)8-2)20(26)19(14-15)25-23-17-11-9-10-12-18(17)24-25;1-19(2,3)13-11-14(20(4,5)6)18(24)17(12-13)23-21-15-9-7-8-10-16(15)22-23/h9-14,26H,7-8H2,1-6H3;7-12,24H,1-6H3. The molecule has 264 valence electrons. The maximum Gasteiger partial charge on any atom is 0.146 e. The molecule has 8 nitrogen and oxygen atoms in total. The first-order chi connectivity index (χ1) is 23.3. The Balaban J connectivity index is 0.000000195. The van der Waals surface area contributed by atoms with Crippen molar-refractivity contribution >= 4 is 22.1 Å². The fourth-order valence-corrected chi connectivity index (χ4v) is 5.78. The highest BCUT2D eigenvalue weighted by Crippen LogP contribution is 2.42. The van der Waals surface area contributed by atoms with Gasteiger partial charge in [-0.15, -0.1) is 30.0 Å². The molecule has 0 atom stereocenters. The minimum absolute atomic E-state index is 0.00754. The SMILES string of the molecule is CC(C)(C)c1cc(-n2nc3ccccc3n2)c(O)c(C(C)(C)C)c1.CCC(C)(C)c1cc(-n2nc3ccccc3n2)c(O)c(C(C)(C)CC)c1. The van der Waals surface area contributed by atoms with Crippen LogP contribution in [0.1, 0.15) is 118 Å². The summed E-state index contributed by atoms with van der Waals surface area (Å²) >= 11 is 0. The Labute approximate surface area is 297 Å². The van der Waals surface area contributed by atoms with Crippen LogP contribution in [0.4, 0.5) is 0 Å². The van der Waals surface area contributed by atoms with Crippen molar-refractivity contribution in [2.75, 3.05) is 0 Å². The minimum Gasteiger partial charge on any atom is -0.505 e. The predicted octanol–water partition coefficient (Wildman–Crippen LogP) is 10.2. The first kappa shape index (κ1) is 36.6. The Kier molecular flexibility index (Phi) is 9.65. The van der Waals surface area contributed by atoms with E-state index < -0.39 is 0 Å². The van der Waals surface area contributed by atoms with Crippen molar-refractivity contribution in [1.29, 1.82) is 0 Å². The highest BCUT2D eigenvalue weighted by atomic mass is 16.3. The Hall–Kier alpha value is -4.72. The number of phenolic OH excluding ortho intramolecular Hbond substituents is 2. The minimum atomic E-state index is -0.174. The van der Waals surface area contributed by atoms with Crippen LogP contribution >= 0.6 is 0 Å². The van der Waals surface area contributed by atoms with Crippen LogP contribution in [-0.2, 0) is 21.7 Å². The Bertz CT molecular complexity index is 2070. The van der Waals surface area contributed by atoms with Crippen LogP contribution < -0.4 is 0 Å². The molecule has 2 N–H and O–H groups in total. The quantitative estimate of drug-likeness (QED) is 0.182. The van der Waals surface area contributed by atoms with Crippen molar-refractivity contribution in [1.82, 2.24) is 30.0 Å². The number of aromatic hydroxyl groups is 2. The number of benzene rings is 4. The van der Waals surface area contributed by atoms with Gasteiger partial charge in [0.25, 0.3) is 0 Å². The molecule has 0 saturated carbocycles. The molecule has 50 heavy (non-hydrogen) atoms. The van der Waals surface area contributed by atoms with E-state index in [9.17, 15) is 10.2 Å². The largest absolute Gasteiger partial charge is 0.505 e. The number of phenols is 2. The van der Waals surface area contributed by atoms with E-state index in [1.165, 1.54) is 5.56 Å². The van der Waals surface area contributed by atoms with Crippen LogP contribution in [-0.4, -0.2) is 40.2 Å². The van der Waals surface area contributed by atoms with Crippen LogP contribution in [0, 0.1) is 0 Å². The third-order valence-corrected chi connectivity index (χ3v) is 10.1. The third kappa shape index (κ3) is 7.25. The van der Waals surface area contributed by atoms with Crippen molar-refractivity contribution in [3.05, 3.63) is 95.1 Å². The van der Waals surface area contributed by atoms with Gasteiger partial charge in [-0.1, -0.05) is 119 Å². The molecule has 0 aliphatic heterocycles. The first-order valence-corrected chi connectivity index (χ1v) is 17.7. The summed E-state index contributed by atoms with van der Waals surface area (Å²) in [6.45, 7) is 26.0. The number of hydrogen-bond acceptors (Lipinski definition) is 6. The number of aromatic nitrogens is 6. The number of nitrogens with zero attached hydrogens (tertiary/aromatic N) is 6. The molecule has 6 aromatic rings. The molecular weight excluding hydrogens is 621 g/mol. The summed E-state index contributed by atoms with van der Waals surface area (Å²) in [5, 5.41) is 40.2. The van der Waals surface area contributed by atoms with Crippen molar-refractivity contribution in [2.45, 2.75) is 118 Å². The van der Waals surface area contributed by atoms with Crippen LogP contribution in [0.3, 0.4) is 0 Å². The molecule has 2 heterocycles. The summed E-state index contributed by atoms with van der Waals surface area (Å²) in [7, 11) is 0. The van der Waals surface area contributed by atoms with E-state index in [1.54, 1.807) is 9.59 Å². The van der Waals surface area contributed by atoms with Gasteiger partial charge in [0, 0.05) is 11.1 Å². The Morgan fingerprint density at radius 1 is 0.480 bits per heavy atom. The van der Waals surface area contributed by atoms with Crippen molar-refractivity contribution in [3.8, 4) is 22.9 Å². The smallest absolute Gasteiger partial charge is 0.146 e. The van der Waals surface area contributed by atoms with Gasteiger partial charge in [-0.3, -0.25) is 0 Å². The monoisotopic (exact) mass is 674 g/mol. The highest BCUT2D eigenvalue weighted by molar-refractivity contribution is 5.74. The highest BCUT2D eigenvalue weighted by Gasteiger charge is 2.30. The van der Waals surface area contributed by atoms with Crippen LogP contribution in [0.15, 0.2) is 72.8 Å². The van der Waals surface area contributed by atoms with Gasteiger partial charge in [-0.05, 0) is 82.0 Å². The second-order valence-electron chi connectivity index (χ2n) is 16.7. The summed E-state index contributed by atoms with van der Waals surface area (Å²) in [5.74, 6) is 0.517. The van der Waals surface area contributed by atoms with Gasteiger partial charge in [0.2, 0.25) is 0 Å². The van der Waals surface area contributed by atoms with Gasteiger partial charge in [-0.2, -0.15) is 0 Å². The van der Waals surface area contributed by atoms with Crippen molar-refractivity contribution < 1.29 is 10.2 Å². The molecule has 6 rings (SSSR count). The van der Waals surface area contributed by atoms with Crippen LogP contribution in [0.2, 0.25) is 0 Å². The molecule has 4 aromatic carbocycles. The second-order valence-corrected chi connectivity index (χ2v) is 16.7. The van der Waals surface area contributed by atoms with Crippen LogP contribution in [0.25, 0.3) is 33.4 Å². The van der Waals surface area contributed by atoms with Gasteiger partial charge in [0.15, 0.2) is 0 Å². The van der Waals surface area contributed by atoms with Gasteiger partial charge in [0.05, 0.1) is 0 Å². The lowest BCUT2D eigenvalue weighted by Gasteiger charge is -2.30. The molecule has 8 heteroatoms. The number of fused-ring (bicyclic) bond motifs is 2. The van der Waals surface area contributed by atoms with Crippen molar-refractivity contribution in [3.63, 3.8) is 0 Å². The van der Waals surface area contributed by atoms with Gasteiger partial charge in [0.1, 0.15) is 44.9 Å². The van der Waals surface area contributed by atoms with Gasteiger partial charge in [-0.25, -0.2) is 0 Å². The normalized spacial score (nSPS) is 12.7. The lowest BCUT2D eigenvalue weighted by molar-refractivity contribution is 0.420. The molecule has 0 aliphatic carbocycles. The predicted molar refractivity (Wildman–Crippen MR) is 205 cm³/mol. The Morgan fingerprint density at radius 3 is 1.20 bits per heavy atom. The molecule has 0 aliphatic rings. The van der Waals surface area contributed by atoms with E-state index in [-0.39, 0.29) is 33.2 Å². The van der Waals surface area contributed by atoms with E-state index >= 15 is 0 Å². The zero-order chi connectivity index (χ0) is 36.8. The Morgan fingerprint density at radius 2 is 0.840 bits per heavy atom. The summed E-state index contributed by atoms with van der Waals surface area (Å²) in [6.07, 6.45) is 1.95. The maximum atomic E-state index is 11.1. The summed E-state index contributed by atoms with van der Waals surface area (Å²) in [6, 6.07) is 23.8. The molecule has 2 aromatic heterocycles. The van der Waals surface area contributed by atoms with E-state index in [4.69, 9.17) is 0 Å². The number of rotatable bonds is 6. The summed E-state index contributed by atoms with van der Waals surface area (Å²) < 4.78 is 0. The van der Waals surface area contributed by atoms with E-state index in [1.807, 2.05) is 60.7 Å².